The van der Waals surface area contributed by atoms with E-state index >= 15 is 0 Å². The zero-order valence-electron chi connectivity index (χ0n) is 12.2. The van der Waals surface area contributed by atoms with Gasteiger partial charge in [-0.25, -0.2) is 0 Å². The summed E-state index contributed by atoms with van der Waals surface area (Å²) in [6.07, 6.45) is 3.79. The quantitative estimate of drug-likeness (QED) is 0.915. The Morgan fingerprint density at radius 3 is 3.10 bits per heavy atom. The van der Waals surface area contributed by atoms with Crippen molar-refractivity contribution in [1.29, 1.82) is 0 Å². The van der Waals surface area contributed by atoms with Crippen LogP contribution in [0.15, 0.2) is 18.2 Å². The fourth-order valence-corrected chi connectivity index (χ4v) is 3.06. The summed E-state index contributed by atoms with van der Waals surface area (Å²) in [5.74, 6) is 1.80. The molecule has 0 spiro atoms. The van der Waals surface area contributed by atoms with Gasteiger partial charge in [0.2, 0.25) is 6.79 Å². The summed E-state index contributed by atoms with van der Waals surface area (Å²) >= 11 is 0. The molecule has 0 aromatic heterocycles. The summed E-state index contributed by atoms with van der Waals surface area (Å²) in [5, 5.41) is 3.69. The van der Waals surface area contributed by atoms with Crippen LogP contribution in [-0.4, -0.2) is 37.4 Å². The maximum absolute atomic E-state index is 5.56. The molecule has 0 aliphatic carbocycles. The first-order valence-corrected chi connectivity index (χ1v) is 7.70. The van der Waals surface area contributed by atoms with E-state index in [1.807, 2.05) is 12.1 Å². The van der Waals surface area contributed by atoms with E-state index in [0.29, 0.717) is 12.8 Å². The highest BCUT2D eigenvalue weighted by Gasteiger charge is 2.19. The second-order valence-electron chi connectivity index (χ2n) is 5.59. The van der Waals surface area contributed by atoms with Gasteiger partial charge in [-0.15, -0.1) is 0 Å². The smallest absolute Gasteiger partial charge is 0.231 e. The molecule has 0 bridgehead atoms. The van der Waals surface area contributed by atoms with Gasteiger partial charge in [-0.2, -0.15) is 0 Å². The lowest BCUT2D eigenvalue weighted by atomic mass is 10.1. The van der Waals surface area contributed by atoms with Gasteiger partial charge in [0, 0.05) is 18.2 Å². The van der Waals surface area contributed by atoms with Gasteiger partial charge < -0.3 is 19.7 Å². The minimum Gasteiger partial charge on any atom is -0.454 e. The topological polar surface area (TPSA) is 33.7 Å². The minimum absolute atomic E-state index is 0.348. The molecule has 1 fully saturated rings. The highest BCUT2D eigenvalue weighted by atomic mass is 16.7. The number of rotatable bonds is 4. The molecule has 20 heavy (non-hydrogen) atoms. The Labute approximate surface area is 121 Å². The lowest BCUT2D eigenvalue weighted by Gasteiger charge is -2.18. The molecule has 2 heterocycles. The van der Waals surface area contributed by atoms with Crippen LogP contribution in [0, 0.1) is 0 Å². The Bertz CT molecular complexity index is 450. The molecule has 1 N–H and O–H groups in total. The standard InChI is InChI=1S/C16H24N2O2/c1-2-18-9-4-6-14(8-10-18)17-11-13-5-3-7-15-16(13)20-12-19-15/h3,5,7,14,17H,2,4,6,8-12H2,1H3. The molecular formula is C16H24N2O2. The molecule has 0 amide bonds. The number of nitrogens with zero attached hydrogens (tertiary/aromatic N) is 1. The fourth-order valence-electron chi connectivity index (χ4n) is 3.06. The Hall–Kier alpha value is -1.26. The minimum atomic E-state index is 0.348. The molecule has 1 unspecified atom stereocenters. The zero-order chi connectivity index (χ0) is 13.8. The van der Waals surface area contributed by atoms with Gasteiger partial charge >= 0.3 is 0 Å². The summed E-state index contributed by atoms with van der Waals surface area (Å²) < 4.78 is 11.0. The third-order valence-corrected chi connectivity index (χ3v) is 4.33. The average molecular weight is 276 g/mol. The van der Waals surface area contributed by atoms with Crippen molar-refractivity contribution in [3.8, 4) is 11.5 Å². The van der Waals surface area contributed by atoms with E-state index < -0.39 is 0 Å². The van der Waals surface area contributed by atoms with Gasteiger partial charge in [0.05, 0.1) is 0 Å². The van der Waals surface area contributed by atoms with Gasteiger partial charge in [-0.1, -0.05) is 19.1 Å². The molecule has 4 nitrogen and oxygen atoms in total. The predicted octanol–water partition coefficient (Wildman–Crippen LogP) is 2.38. The third kappa shape index (κ3) is 3.07. The second-order valence-corrected chi connectivity index (χ2v) is 5.59. The summed E-state index contributed by atoms with van der Waals surface area (Å²) in [7, 11) is 0. The van der Waals surface area contributed by atoms with Crippen LogP contribution in [0.2, 0.25) is 0 Å². The van der Waals surface area contributed by atoms with E-state index in [-0.39, 0.29) is 0 Å². The van der Waals surface area contributed by atoms with Crippen LogP contribution in [0.1, 0.15) is 31.7 Å². The Morgan fingerprint density at radius 2 is 2.20 bits per heavy atom. The number of hydrogen-bond acceptors (Lipinski definition) is 4. The van der Waals surface area contributed by atoms with Crippen molar-refractivity contribution in [2.45, 2.75) is 38.8 Å². The van der Waals surface area contributed by atoms with Crippen LogP contribution in [0.5, 0.6) is 11.5 Å². The van der Waals surface area contributed by atoms with E-state index in [9.17, 15) is 0 Å². The summed E-state index contributed by atoms with van der Waals surface area (Å²) in [4.78, 5) is 2.54. The molecule has 110 valence electrons. The number of hydrogen-bond donors (Lipinski definition) is 1. The SMILES string of the molecule is CCN1CCCC(NCc2cccc3c2OCO3)CC1. The Balaban J connectivity index is 1.56. The molecule has 3 rings (SSSR count). The molecule has 4 heteroatoms. The predicted molar refractivity (Wildman–Crippen MR) is 79.2 cm³/mol. The molecule has 2 aliphatic rings. The van der Waals surface area contributed by atoms with Crippen molar-refractivity contribution < 1.29 is 9.47 Å². The van der Waals surface area contributed by atoms with Crippen molar-refractivity contribution in [1.82, 2.24) is 10.2 Å². The first-order chi connectivity index (χ1) is 9.86. The molecule has 1 aromatic rings. The summed E-state index contributed by atoms with van der Waals surface area (Å²) in [6, 6.07) is 6.74. The largest absolute Gasteiger partial charge is 0.454 e. The highest BCUT2D eigenvalue weighted by molar-refractivity contribution is 5.48. The maximum atomic E-state index is 5.56. The van der Waals surface area contributed by atoms with E-state index in [1.165, 1.54) is 44.5 Å². The normalized spacial score (nSPS) is 22.8. The van der Waals surface area contributed by atoms with E-state index in [2.05, 4.69) is 23.2 Å². The first-order valence-electron chi connectivity index (χ1n) is 7.70. The number of nitrogens with one attached hydrogen (secondary N) is 1. The molecule has 0 radical (unpaired) electrons. The summed E-state index contributed by atoms with van der Waals surface area (Å²) in [6.45, 7) is 7.08. The van der Waals surface area contributed by atoms with Crippen molar-refractivity contribution >= 4 is 0 Å². The second kappa shape index (κ2) is 6.46. The van der Waals surface area contributed by atoms with Gasteiger partial charge in [0.1, 0.15) is 0 Å². The van der Waals surface area contributed by atoms with Crippen LogP contribution >= 0.6 is 0 Å². The van der Waals surface area contributed by atoms with Crippen molar-refractivity contribution in [2.24, 2.45) is 0 Å². The van der Waals surface area contributed by atoms with Gasteiger partial charge in [0.25, 0.3) is 0 Å². The monoisotopic (exact) mass is 276 g/mol. The van der Waals surface area contributed by atoms with Crippen LogP contribution < -0.4 is 14.8 Å². The summed E-state index contributed by atoms with van der Waals surface area (Å²) in [5.41, 5.74) is 1.21. The van der Waals surface area contributed by atoms with Crippen molar-refractivity contribution in [3.05, 3.63) is 23.8 Å². The Morgan fingerprint density at radius 1 is 1.25 bits per heavy atom. The Kier molecular flexibility index (Phi) is 4.43. The first kappa shape index (κ1) is 13.7. The number of para-hydroxylation sites is 1. The van der Waals surface area contributed by atoms with E-state index in [4.69, 9.17) is 9.47 Å². The number of fused-ring (bicyclic) bond motifs is 1. The van der Waals surface area contributed by atoms with Gasteiger partial charge in [0.15, 0.2) is 11.5 Å². The molecule has 2 aliphatic heterocycles. The highest BCUT2D eigenvalue weighted by Crippen LogP contribution is 2.35. The van der Waals surface area contributed by atoms with Crippen molar-refractivity contribution in [3.63, 3.8) is 0 Å². The lowest BCUT2D eigenvalue weighted by molar-refractivity contribution is 0.173. The van der Waals surface area contributed by atoms with Crippen molar-refractivity contribution in [2.75, 3.05) is 26.4 Å². The van der Waals surface area contributed by atoms with Crippen LogP contribution in [0.25, 0.3) is 0 Å². The van der Waals surface area contributed by atoms with E-state index in [1.54, 1.807) is 0 Å². The molecule has 1 saturated heterocycles. The number of ether oxygens (including phenoxy) is 2. The average Bonchev–Trinajstić information content (AvgIpc) is 2.84. The van der Waals surface area contributed by atoms with Gasteiger partial charge in [-0.3, -0.25) is 0 Å². The van der Waals surface area contributed by atoms with Crippen LogP contribution in [0.4, 0.5) is 0 Å². The molecule has 0 saturated carbocycles. The third-order valence-electron chi connectivity index (χ3n) is 4.33. The maximum Gasteiger partial charge on any atom is 0.231 e. The lowest BCUT2D eigenvalue weighted by Crippen LogP contribution is -2.30. The van der Waals surface area contributed by atoms with E-state index in [0.717, 1.165) is 18.0 Å². The number of benzene rings is 1. The molecule has 1 atom stereocenters. The molecule has 1 aromatic carbocycles. The van der Waals surface area contributed by atoms with Crippen LogP contribution in [-0.2, 0) is 6.54 Å². The molecular weight excluding hydrogens is 252 g/mol. The van der Waals surface area contributed by atoms with Gasteiger partial charge in [-0.05, 0) is 45.0 Å². The fraction of sp³-hybridized carbons (Fsp3) is 0.625. The zero-order valence-corrected chi connectivity index (χ0v) is 12.2. The van der Waals surface area contributed by atoms with Crippen LogP contribution in [0.3, 0.4) is 0 Å². The number of likely N-dealkylation sites (tertiary alicyclic amines) is 1.